The monoisotopic (exact) mass is 514 g/mol. The summed E-state index contributed by atoms with van der Waals surface area (Å²) < 4.78 is 54.2. The number of hydrogen-bond acceptors (Lipinski definition) is 6. The zero-order chi connectivity index (χ0) is 24.9. The molecule has 3 aromatic rings. The molecule has 1 aliphatic rings. The number of aromatic nitrogens is 1. The second-order valence-corrected chi connectivity index (χ2v) is 11.9. The number of sulfonamides is 2. The van der Waals surface area contributed by atoms with Gasteiger partial charge in [0.15, 0.2) is 0 Å². The van der Waals surface area contributed by atoms with E-state index in [4.69, 9.17) is 0 Å². The lowest BCUT2D eigenvalue weighted by atomic mass is 10.1. The van der Waals surface area contributed by atoms with Crippen molar-refractivity contribution in [1.29, 1.82) is 0 Å². The Morgan fingerprint density at radius 1 is 0.857 bits per heavy atom. The van der Waals surface area contributed by atoms with Crippen LogP contribution < -0.4 is 10.0 Å². The summed E-state index contributed by atoms with van der Waals surface area (Å²) in [4.78, 5) is 16.5. The molecule has 0 atom stereocenters. The molecule has 35 heavy (non-hydrogen) atoms. The Bertz CT molecular complexity index is 1370. The highest BCUT2D eigenvalue weighted by Crippen LogP contribution is 2.20. The Kier molecular flexibility index (Phi) is 7.48. The second kappa shape index (κ2) is 10.5. The lowest BCUT2D eigenvalue weighted by Gasteiger charge is -2.25. The number of anilines is 2. The molecule has 0 radical (unpaired) electrons. The topological polar surface area (TPSA) is 126 Å². The normalized spacial score (nSPS) is 14.9. The fourth-order valence-corrected chi connectivity index (χ4v) is 6.41. The van der Waals surface area contributed by atoms with Gasteiger partial charge in [0.25, 0.3) is 15.9 Å². The molecule has 11 heteroatoms. The summed E-state index contributed by atoms with van der Waals surface area (Å²) in [5.41, 5.74) is 1.74. The van der Waals surface area contributed by atoms with Crippen LogP contribution in [0.1, 0.15) is 35.2 Å². The number of nitrogens with zero attached hydrogens (tertiary/aromatic N) is 2. The molecule has 0 bridgehead atoms. The number of pyridine rings is 1. The highest BCUT2D eigenvalue weighted by Gasteiger charge is 2.24. The van der Waals surface area contributed by atoms with Crippen molar-refractivity contribution in [3.05, 3.63) is 84.2 Å². The fraction of sp³-hybridized carbons (Fsp3) is 0.250. The van der Waals surface area contributed by atoms with Gasteiger partial charge in [-0.2, -0.15) is 0 Å². The van der Waals surface area contributed by atoms with E-state index in [0.717, 1.165) is 19.3 Å². The number of carbonyl (C=O) groups excluding carboxylic acids is 1. The Morgan fingerprint density at radius 3 is 2.17 bits per heavy atom. The maximum Gasteiger partial charge on any atom is 0.261 e. The van der Waals surface area contributed by atoms with Gasteiger partial charge < -0.3 is 5.32 Å². The molecule has 2 heterocycles. The van der Waals surface area contributed by atoms with E-state index in [2.05, 4.69) is 15.0 Å². The van der Waals surface area contributed by atoms with E-state index in [-0.39, 0.29) is 16.6 Å². The van der Waals surface area contributed by atoms with Gasteiger partial charge in [0, 0.05) is 30.5 Å². The Labute approximate surface area is 205 Å². The zero-order valence-corrected chi connectivity index (χ0v) is 20.6. The van der Waals surface area contributed by atoms with Crippen LogP contribution in [0.15, 0.2) is 78.0 Å². The molecular formula is C24H26N4O5S2. The third-order valence-corrected chi connectivity index (χ3v) is 8.86. The largest absolute Gasteiger partial charge is 0.322 e. The first-order valence-electron chi connectivity index (χ1n) is 11.1. The molecule has 0 saturated carbocycles. The van der Waals surface area contributed by atoms with Gasteiger partial charge in [-0.1, -0.05) is 18.6 Å². The lowest BCUT2D eigenvalue weighted by Crippen LogP contribution is -2.36. The summed E-state index contributed by atoms with van der Waals surface area (Å²) in [6.45, 7) is 1.12. The molecule has 0 spiro atoms. The molecule has 1 saturated heterocycles. The Morgan fingerprint density at radius 2 is 1.54 bits per heavy atom. The van der Waals surface area contributed by atoms with Crippen molar-refractivity contribution in [3.63, 3.8) is 0 Å². The van der Waals surface area contributed by atoms with Gasteiger partial charge in [0.05, 0.1) is 22.5 Å². The van der Waals surface area contributed by atoms with Crippen LogP contribution in [0, 0.1) is 0 Å². The van der Waals surface area contributed by atoms with Crippen LogP contribution in [0.2, 0.25) is 0 Å². The van der Waals surface area contributed by atoms with Crippen molar-refractivity contribution < 1.29 is 21.6 Å². The van der Waals surface area contributed by atoms with Crippen LogP contribution in [0.3, 0.4) is 0 Å². The highest BCUT2D eigenvalue weighted by atomic mass is 32.2. The smallest absolute Gasteiger partial charge is 0.261 e. The first-order chi connectivity index (χ1) is 16.7. The molecule has 1 fully saturated rings. The molecular weight excluding hydrogens is 488 g/mol. The summed E-state index contributed by atoms with van der Waals surface area (Å²) >= 11 is 0. The molecule has 1 aromatic heterocycles. The molecule has 4 rings (SSSR count). The minimum absolute atomic E-state index is 0.0404. The molecule has 2 aromatic carbocycles. The molecule has 9 nitrogen and oxygen atoms in total. The van der Waals surface area contributed by atoms with Gasteiger partial charge >= 0.3 is 0 Å². The fourth-order valence-electron chi connectivity index (χ4n) is 3.76. The second-order valence-electron chi connectivity index (χ2n) is 8.24. The van der Waals surface area contributed by atoms with Crippen molar-refractivity contribution in [1.82, 2.24) is 9.29 Å². The maximum absolute atomic E-state index is 12.6. The summed E-state index contributed by atoms with van der Waals surface area (Å²) in [6.07, 6.45) is 5.76. The van der Waals surface area contributed by atoms with E-state index in [1.807, 2.05) is 0 Å². The summed E-state index contributed by atoms with van der Waals surface area (Å²) in [5, 5.41) is 2.72. The molecule has 0 aliphatic carbocycles. The predicted octanol–water partition coefficient (Wildman–Crippen LogP) is 3.45. The molecule has 1 amide bonds. The van der Waals surface area contributed by atoms with Gasteiger partial charge in [-0.25, -0.2) is 21.1 Å². The lowest BCUT2D eigenvalue weighted by molar-refractivity contribution is 0.102. The van der Waals surface area contributed by atoms with Crippen LogP contribution in [0.5, 0.6) is 0 Å². The third kappa shape index (κ3) is 6.44. The average molecular weight is 515 g/mol. The average Bonchev–Trinajstić information content (AvgIpc) is 2.85. The van der Waals surface area contributed by atoms with E-state index in [9.17, 15) is 21.6 Å². The van der Waals surface area contributed by atoms with E-state index >= 15 is 0 Å². The third-order valence-electron chi connectivity index (χ3n) is 5.61. The van der Waals surface area contributed by atoms with Crippen molar-refractivity contribution >= 4 is 37.3 Å². The minimum atomic E-state index is -3.79. The quantitative estimate of drug-likeness (QED) is 0.474. The Balaban J connectivity index is 1.37. The predicted molar refractivity (Wildman–Crippen MR) is 134 cm³/mol. The van der Waals surface area contributed by atoms with E-state index in [1.54, 1.807) is 42.6 Å². The Hall–Kier alpha value is -3.28. The van der Waals surface area contributed by atoms with E-state index in [1.165, 1.54) is 34.8 Å². The number of carbonyl (C=O) groups is 1. The molecule has 184 valence electrons. The van der Waals surface area contributed by atoms with E-state index < -0.39 is 20.0 Å². The van der Waals surface area contributed by atoms with Gasteiger partial charge in [-0.3, -0.25) is 14.5 Å². The van der Waals surface area contributed by atoms with Crippen LogP contribution >= 0.6 is 0 Å². The van der Waals surface area contributed by atoms with E-state index in [0.29, 0.717) is 35.6 Å². The standard InChI is InChI=1S/C24H26N4O5S2/c29-24(20-8-6-19(7-9-20)18-34(30,31)28-15-2-1-3-16-28)26-21-10-12-23(13-11-21)35(32,33)27-22-5-4-14-25-17-22/h4-14,17,27H,1-3,15-16,18H2,(H,26,29). The maximum atomic E-state index is 12.6. The molecule has 2 N–H and O–H groups in total. The number of benzene rings is 2. The number of nitrogens with one attached hydrogen (secondary N) is 2. The molecule has 1 aliphatic heterocycles. The highest BCUT2D eigenvalue weighted by molar-refractivity contribution is 7.92. The van der Waals surface area contributed by atoms with Crippen LogP contribution in [0.25, 0.3) is 0 Å². The van der Waals surface area contributed by atoms with Crippen molar-refractivity contribution in [3.8, 4) is 0 Å². The SMILES string of the molecule is O=C(Nc1ccc(S(=O)(=O)Nc2cccnc2)cc1)c1ccc(CS(=O)(=O)N2CCCCC2)cc1. The summed E-state index contributed by atoms with van der Waals surface area (Å²) in [5.74, 6) is -0.489. The van der Waals surface area contributed by atoms with Crippen molar-refractivity contribution in [2.75, 3.05) is 23.1 Å². The van der Waals surface area contributed by atoms with Gasteiger partial charge in [-0.05, 0) is 66.9 Å². The van der Waals surface area contributed by atoms with Gasteiger partial charge in [0.1, 0.15) is 0 Å². The van der Waals surface area contributed by atoms with Crippen molar-refractivity contribution in [2.45, 2.75) is 29.9 Å². The summed E-state index contributed by atoms with van der Waals surface area (Å²) in [6, 6.07) is 15.4. The first-order valence-corrected chi connectivity index (χ1v) is 14.2. The van der Waals surface area contributed by atoms with Crippen LogP contribution in [-0.2, 0) is 25.8 Å². The number of hydrogen-bond donors (Lipinski definition) is 2. The van der Waals surface area contributed by atoms with Gasteiger partial charge in [-0.15, -0.1) is 0 Å². The van der Waals surface area contributed by atoms with Crippen LogP contribution in [0.4, 0.5) is 11.4 Å². The van der Waals surface area contributed by atoms with Gasteiger partial charge in [0.2, 0.25) is 10.0 Å². The number of piperidine rings is 1. The van der Waals surface area contributed by atoms with Crippen LogP contribution in [-0.4, -0.2) is 45.1 Å². The number of amides is 1. The minimum Gasteiger partial charge on any atom is -0.322 e. The van der Waals surface area contributed by atoms with Crippen molar-refractivity contribution in [2.24, 2.45) is 0 Å². The zero-order valence-electron chi connectivity index (χ0n) is 18.9. The molecule has 0 unspecified atom stereocenters. The first kappa shape index (κ1) is 24.8. The number of rotatable bonds is 8. The summed E-state index contributed by atoms with van der Waals surface area (Å²) in [7, 11) is -7.17.